The van der Waals surface area contributed by atoms with Gasteiger partial charge in [-0.15, -0.1) is 0 Å². The molecule has 3 nitrogen and oxygen atoms in total. The molecule has 0 saturated carbocycles. The van der Waals surface area contributed by atoms with Gasteiger partial charge in [-0.3, -0.25) is 10.8 Å². The lowest BCUT2D eigenvalue weighted by Crippen LogP contribution is -2.15. The van der Waals surface area contributed by atoms with E-state index in [0.29, 0.717) is 0 Å². The third-order valence-corrected chi connectivity index (χ3v) is 4.29. The summed E-state index contributed by atoms with van der Waals surface area (Å²) in [7, 11) is 0. The number of hydrogen-bond acceptors (Lipinski definition) is 3. The van der Waals surface area contributed by atoms with Gasteiger partial charge in [-0.1, -0.05) is 19.4 Å². The lowest BCUT2D eigenvalue weighted by Gasteiger charge is -2.20. The van der Waals surface area contributed by atoms with E-state index in [9.17, 15) is 0 Å². The Morgan fingerprint density at radius 2 is 2.10 bits per heavy atom. The van der Waals surface area contributed by atoms with Crippen LogP contribution in [0.15, 0.2) is 18.2 Å². The van der Waals surface area contributed by atoms with E-state index in [0.717, 1.165) is 30.5 Å². The zero-order valence-electron chi connectivity index (χ0n) is 12.2. The molecule has 0 spiro atoms. The summed E-state index contributed by atoms with van der Waals surface area (Å²) in [6, 6.07) is 6.62. The molecular weight excluding hydrogens is 246 g/mol. The van der Waals surface area contributed by atoms with Crippen molar-refractivity contribution < 1.29 is 0 Å². The summed E-state index contributed by atoms with van der Waals surface area (Å²) in [4.78, 5) is 4.85. The molecule has 0 fully saturated rings. The summed E-state index contributed by atoms with van der Waals surface area (Å²) in [5.74, 6) is 5.81. The first-order chi connectivity index (χ1) is 9.83. The summed E-state index contributed by atoms with van der Waals surface area (Å²) < 4.78 is 0. The van der Waals surface area contributed by atoms with E-state index in [-0.39, 0.29) is 0 Å². The molecule has 1 aromatic heterocycles. The maximum Gasteiger partial charge on any atom is 0.0726 e. The lowest BCUT2D eigenvalue weighted by atomic mass is 9.92. The zero-order chi connectivity index (χ0) is 13.9. The number of anilines is 1. The fourth-order valence-corrected chi connectivity index (χ4v) is 3.17. The Balaban J connectivity index is 2.12. The number of nitrogen functional groups attached to an aromatic ring is 1. The minimum Gasteiger partial charge on any atom is -0.323 e. The van der Waals surface area contributed by atoms with Gasteiger partial charge in [-0.2, -0.15) is 0 Å². The first-order valence-electron chi connectivity index (χ1n) is 7.74. The van der Waals surface area contributed by atoms with Crippen LogP contribution in [0.5, 0.6) is 0 Å². The predicted molar refractivity (Wildman–Crippen MR) is 84.8 cm³/mol. The van der Waals surface area contributed by atoms with Crippen LogP contribution in [0.3, 0.4) is 0 Å². The quantitative estimate of drug-likeness (QED) is 0.656. The van der Waals surface area contributed by atoms with E-state index in [1.165, 1.54) is 47.9 Å². The van der Waals surface area contributed by atoms with Gasteiger partial charge in [0.2, 0.25) is 0 Å². The van der Waals surface area contributed by atoms with Crippen LogP contribution in [0.25, 0.3) is 10.9 Å². The number of nitrogens with one attached hydrogen (secondary N) is 1. The molecule has 1 heterocycles. The molecule has 1 aliphatic carbocycles. The van der Waals surface area contributed by atoms with Crippen molar-refractivity contribution >= 4 is 16.6 Å². The smallest absolute Gasteiger partial charge is 0.0726 e. The second-order valence-electron chi connectivity index (χ2n) is 5.72. The van der Waals surface area contributed by atoms with Crippen LogP contribution in [0.2, 0.25) is 0 Å². The van der Waals surface area contributed by atoms with Crippen LogP contribution in [0, 0.1) is 0 Å². The van der Waals surface area contributed by atoms with Crippen LogP contribution in [-0.2, 0) is 19.3 Å². The molecule has 0 saturated heterocycles. The Labute approximate surface area is 120 Å². The van der Waals surface area contributed by atoms with Gasteiger partial charge in [0.05, 0.1) is 11.2 Å². The summed E-state index contributed by atoms with van der Waals surface area (Å²) in [5.41, 5.74) is 9.06. The number of unbranched alkanes of at least 4 members (excludes halogenated alkanes) is 1. The van der Waals surface area contributed by atoms with E-state index in [2.05, 4.69) is 30.5 Å². The summed E-state index contributed by atoms with van der Waals surface area (Å²) in [6.45, 7) is 2.23. The highest BCUT2D eigenvalue weighted by Gasteiger charge is 2.17. The molecule has 20 heavy (non-hydrogen) atoms. The third-order valence-electron chi connectivity index (χ3n) is 4.29. The minimum atomic E-state index is 1.07. The minimum absolute atomic E-state index is 1.07. The van der Waals surface area contributed by atoms with Gasteiger partial charge in [0.15, 0.2) is 0 Å². The Kier molecular flexibility index (Phi) is 3.88. The Bertz CT molecular complexity index is 619. The summed E-state index contributed by atoms with van der Waals surface area (Å²) in [6.07, 6.45) is 8.24. The molecule has 0 radical (unpaired) electrons. The van der Waals surface area contributed by atoms with Crippen molar-refractivity contribution in [3.8, 4) is 0 Å². The van der Waals surface area contributed by atoms with Crippen molar-refractivity contribution in [2.75, 3.05) is 5.43 Å². The summed E-state index contributed by atoms with van der Waals surface area (Å²) >= 11 is 0. The number of hydrazine groups is 1. The van der Waals surface area contributed by atoms with Crippen LogP contribution >= 0.6 is 0 Å². The van der Waals surface area contributed by atoms with Crippen molar-refractivity contribution in [2.24, 2.45) is 5.84 Å². The first-order valence-corrected chi connectivity index (χ1v) is 7.74. The highest BCUT2D eigenvalue weighted by molar-refractivity contribution is 5.93. The highest BCUT2D eigenvalue weighted by Crippen LogP contribution is 2.33. The number of hydrogen-bond donors (Lipinski definition) is 2. The Hall–Kier alpha value is -1.61. The molecule has 3 rings (SSSR count). The molecule has 0 aliphatic heterocycles. The van der Waals surface area contributed by atoms with Gasteiger partial charge in [-0.05, 0) is 61.8 Å². The van der Waals surface area contributed by atoms with Gasteiger partial charge in [0.25, 0.3) is 0 Å². The monoisotopic (exact) mass is 269 g/mol. The van der Waals surface area contributed by atoms with Gasteiger partial charge in [0.1, 0.15) is 0 Å². The number of aryl methyl sites for hydroxylation is 2. The predicted octanol–water partition coefficient (Wildman–Crippen LogP) is 3.74. The molecule has 0 bridgehead atoms. The molecule has 3 heteroatoms. The van der Waals surface area contributed by atoms with Crippen molar-refractivity contribution in [2.45, 2.75) is 51.9 Å². The second kappa shape index (κ2) is 5.80. The van der Waals surface area contributed by atoms with E-state index >= 15 is 0 Å². The molecule has 0 atom stereocenters. The molecule has 1 aromatic carbocycles. The molecular formula is C17H23N3. The topological polar surface area (TPSA) is 50.9 Å². The van der Waals surface area contributed by atoms with Gasteiger partial charge in [0, 0.05) is 11.1 Å². The molecule has 0 unspecified atom stereocenters. The number of nitrogens with zero attached hydrogens (tertiary/aromatic N) is 1. The number of rotatable bonds is 4. The van der Waals surface area contributed by atoms with E-state index in [1.54, 1.807) is 0 Å². The fourth-order valence-electron chi connectivity index (χ4n) is 3.17. The SMILES string of the molecule is CCCCc1ccc2nc3c(c(NN)c2c1)CCCC3. The normalized spacial score (nSPS) is 14.3. The molecule has 2 aromatic rings. The molecule has 1 aliphatic rings. The molecule has 3 N–H and O–H groups in total. The summed E-state index contributed by atoms with van der Waals surface area (Å²) in [5, 5.41) is 1.18. The highest BCUT2D eigenvalue weighted by atomic mass is 15.2. The van der Waals surface area contributed by atoms with Gasteiger partial charge in [-0.25, -0.2) is 0 Å². The number of fused-ring (bicyclic) bond motifs is 2. The average molecular weight is 269 g/mol. The average Bonchev–Trinajstić information content (AvgIpc) is 2.50. The van der Waals surface area contributed by atoms with Crippen molar-refractivity contribution in [3.05, 3.63) is 35.0 Å². The largest absolute Gasteiger partial charge is 0.323 e. The lowest BCUT2D eigenvalue weighted by molar-refractivity contribution is 0.672. The number of benzene rings is 1. The van der Waals surface area contributed by atoms with Crippen molar-refractivity contribution in [3.63, 3.8) is 0 Å². The second-order valence-corrected chi connectivity index (χ2v) is 5.72. The van der Waals surface area contributed by atoms with Crippen LogP contribution in [0.1, 0.15) is 49.4 Å². The molecule has 0 amide bonds. The Morgan fingerprint density at radius 1 is 1.25 bits per heavy atom. The van der Waals surface area contributed by atoms with Crippen molar-refractivity contribution in [1.29, 1.82) is 0 Å². The van der Waals surface area contributed by atoms with Crippen LogP contribution in [0.4, 0.5) is 5.69 Å². The van der Waals surface area contributed by atoms with Gasteiger partial charge >= 0.3 is 0 Å². The van der Waals surface area contributed by atoms with E-state index < -0.39 is 0 Å². The van der Waals surface area contributed by atoms with E-state index in [1.807, 2.05) is 0 Å². The van der Waals surface area contributed by atoms with Crippen LogP contribution in [-0.4, -0.2) is 4.98 Å². The van der Waals surface area contributed by atoms with E-state index in [4.69, 9.17) is 10.8 Å². The number of pyridine rings is 1. The number of nitrogens with two attached hydrogens (primary N) is 1. The maximum absolute atomic E-state index is 5.81. The fraction of sp³-hybridized carbons (Fsp3) is 0.471. The van der Waals surface area contributed by atoms with Crippen molar-refractivity contribution in [1.82, 2.24) is 4.98 Å². The Morgan fingerprint density at radius 3 is 2.90 bits per heavy atom. The number of aromatic nitrogens is 1. The van der Waals surface area contributed by atoms with Crippen LogP contribution < -0.4 is 11.3 Å². The molecule has 106 valence electrons. The maximum atomic E-state index is 5.81. The zero-order valence-corrected chi connectivity index (χ0v) is 12.2. The third kappa shape index (κ3) is 2.38. The van der Waals surface area contributed by atoms with Gasteiger partial charge < -0.3 is 5.43 Å². The first kappa shape index (κ1) is 13.4. The standard InChI is InChI=1S/C17H23N3/c1-2-3-6-12-9-10-16-14(11-12)17(20-18)13-7-4-5-8-15(13)19-16/h9-11H,2-8,18H2,1H3,(H,19,20).